The van der Waals surface area contributed by atoms with Gasteiger partial charge in [-0.05, 0) is 5.92 Å². The number of hydrogen-bond donors (Lipinski definition) is 2. The minimum Gasteiger partial charge on any atom is -0.379 e. The van der Waals surface area contributed by atoms with Gasteiger partial charge >= 0.3 is 0 Å². The van der Waals surface area contributed by atoms with Gasteiger partial charge in [0.2, 0.25) is 11.8 Å². The molecule has 0 bridgehead atoms. The smallest absolute Gasteiger partial charge is 0.227 e. The van der Waals surface area contributed by atoms with Gasteiger partial charge in [0.05, 0.1) is 19.0 Å². The fourth-order valence-corrected chi connectivity index (χ4v) is 3.66. The summed E-state index contributed by atoms with van der Waals surface area (Å²) in [6.07, 6.45) is 2.66. The van der Waals surface area contributed by atoms with Crippen LogP contribution in [0.4, 0.5) is 0 Å². The number of carbonyl (C=O) groups is 2. The Bertz CT molecular complexity index is 358. The average molecular weight is 346 g/mol. The highest BCUT2D eigenvalue weighted by atomic mass is 32.2. The summed E-state index contributed by atoms with van der Waals surface area (Å²) in [7, 11) is 0. The van der Waals surface area contributed by atoms with Crippen molar-refractivity contribution in [1.82, 2.24) is 10.2 Å². The van der Waals surface area contributed by atoms with Crippen LogP contribution < -0.4 is 11.1 Å². The van der Waals surface area contributed by atoms with E-state index in [1.807, 2.05) is 0 Å². The summed E-state index contributed by atoms with van der Waals surface area (Å²) >= 11 is 1.40. The number of rotatable bonds is 11. The van der Waals surface area contributed by atoms with Gasteiger partial charge < -0.3 is 15.8 Å². The third-order valence-corrected chi connectivity index (χ3v) is 5.32. The van der Waals surface area contributed by atoms with E-state index in [2.05, 4.69) is 24.1 Å². The first kappa shape index (κ1) is 20.3. The molecule has 3 N–H and O–H groups in total. The highest BCUT2D eigenvalue weighted by Crippen LogP contribution is 2.19. The molecule has 1 heterocycles. The topological polar surface area (TPSA) is 84.7 Å². The first-order valence-electron chi connectivity index (χ1n) is 8.53. The third-order valence-electron chi connectivity index (χ3n) is 4.33. The molecular weight excluding hydrogens is 314 g/mol. The molecule has 1 aliphatic rings. The van der Waals surface area contributed by atoms with Crippen LogP contribution in [0.5, 0.6) is 0 Å². The van der Waals surface area contributed by atoms with Gasteiger partial charge in [-0.2, -0.15) is 11.8 Å². The third kappa shape index (κ3) is 8.04. The Labute approximate surface area is 143 Å². The molecule has 1 rings (SSSR count). The predicted octanol–water partition coefficient (Wildman–Crippen LogP) is 0.848. The molecule has 1 aliphatic heterocycles. The lowest BCUT2D eigenvalue weighted by atomic mass is 9.92. The van der Waals surface area contributed by atoms with Gasteiger partial charge in [0, 0.05) is 37.8 Å². The summed E-state index contributed by atoms with van der Waals surface area (Å²) < 4.78 is 5.44. The molecule has 2 amide bonds. The molecule has 0 radical (unpaired) electrons. The van der Waals surface area contributed by atoms with Crippen LogP contribution in [0.3, 0.4) is 0 Å². The molecule has 1 atom stereocenters. The second kappa shape index (κ2) is 11.7. The van der Waals surface area contributed by atoms with Crippen LogP contribution in [0.25, 0.3) is 0 Å². The fraction of sp³-hybridized carbons (Fsp3) is 0.875. The summed E-state index contributed by atoms with van der Waals surface area (Å²) in [6, 6.07) is 0.371. The van der Waals surface area contributed by atoms with E-state index < -0.39 is 0 Å². The van der Waals surface area contributed by atoms with Crippen LogP contribution in [-0.4, -0.2) is 67.1 Å². The number of primary amides is 1. The van der Waals surface area contributed by atoms with Gasteiger partial charge in [-0.25, -0.2) is 0 Å². The first-order chi connectivity index (χ1) is 11.1. The van der Waals surface area contributed by atoms with Crippen molar-refractivity contribution in [2.45, 2.75) is 39.2 Å². The maximum absolute atomic E-state index is 12.0. The minimum absolute atomic E-state index is 0.0474. The molecule has 0 unspecified atom stereocenters. The van der Waals surface area contributed by atoms with Crippen LogP contribution in [-0.2, 0) is 14.3 Å². The van der Waals surface area contributed by atoms with Gasteiger partial charge in [-0.1, -0.05) is 26.7 Å². The largest absolute Gasteiger partial charge is 0.379 e. The zero-order chi connectivity index (χ0) is 17.1. The van der Waals surface area contributed by atoms with E-state index in [0.29, 0.717) is 30.7 Å². The van der Waals surface area contributed by atoms with Crippen LogP contribution >= 0.6 is 11.8 Å². The quantitative estimate of drug-likeness (QED) is 0.542. The Kier molecular flexibility index (Phi) is 10.3. The monoisotopic (exact) mass is 345 g/mol. The summed E-state index contributed by atoms with van der Waals surface area (Å²) in [4.78, 5) is 25.1. The summed E-state index contributed by atoms with van der Waals surface area (Å²) in [5, 5.41) is 3.07. The van der Waals surface area contributed by atoms with Gasteiger partial charge in [-0.3, -0.25) is 14.5 Å². The Morgan fingerprint density at radius 1 is 1.26 bits per heavy atom. The van der Waals surface area contributed by atoms with Crippen LogP contribution in [0, 0.1) is 5.92 Å². The van der Waals surface area contributed by atoms with Gasteiger partial charge in [0.15, 0.2) is 0 Å². The Morgan fingerprint density at radius 2 is 1.91 bits per heavy atom. The number of ether oxygens (including phenoxy) is 1. The molecule has 134 valence electrons. The SMILES string of the molecule is CCC(CC)[C@@H](CNC(=O)CCSCC(N)=O)N1CCOCC1. The lowest BCUT2D eigenvalue weighted by Crippen LogP contribution is -2.52. The van der Waals surface area contributed by atoms with E-state index in [-0.39, 0.29) is 17.6 Å². The van der Waals surface area contributed by atoms with Crippen molar-refractivity contribution in [3.63, 3.8) is 0 Å². The van der Waals surface area contributed by atoms with Gasteiger partial charge in [-0.15, -0.1) is 0 Å². The fourth-order valence-electron chi connectivity index (χ4n) is 2.98. The molecule has 7 heteroatoms. The van der Waals surface area contributed by atoms with Crippen molar-refractivity contribution >= 4 is 23.6 Å². The van der Waals surface area contributed by atoms with Crippen molar-refractivity contribution in [2.24, 2.45) is 11.7 Å². The van der Waals surface area contributed by atoms with E-state index in [1.165, 1.54) is 11.8 Å². The van der Waals surface area contributed by atoms with E-state index >= 15 is 0 Å². The van der Waals surface area contributed by atoms with E-state index in [4.69, 9.17) is 10.5 Å². The van der Waals surface area contributed by atoms with E-state index in [1.54, 1.807) is 0 Å². The van der Waals surface area contributed by atoms with Crippen molar-refractivity contribution in [2.75, 3.05) is 44.4 Å². The molecule has 23 heavy (non-hydrogen) atoms. The number of nitrogens with zero attached hydrogens (tertiary/aromatic N) is 1. The molecule has 1 fully saturated rings. The lowest BCUT2D eigenvalue weighted by Gasteiger charge is -2.38. The number of hydrogen-bond acceptors (Lipinski definition) is 5. The van der Waals surface area contributed by atoms with Crippen LogP contribution in [0.15, 0.2) is 0 Å². The number of carbonyl (C=O) groups excluding carboxylic acids is 2. The number of nitrogens with two attached hydrogens (primary N) is 1. The molecule has 6 nitrogen and oxygen atoms in total. The molecule has 0 spiro atoms. The van der Waals surface area contributed by atoms with Crippen LogP contribution in [0.1, 0.15) is 33.1 Å². The number of thioether (sulfide) groups is 1. The Morgan fingerprint density at radius 3 is 2.48 bits per heavy atom. The highest BCUT2D eigenvalue weighted by molar-refractivity contribution is 7.99. The van der Waals surface area contributed by atoms with Crippen molar-refractivity contribution < 1.29 is 14.3 Å². The summed E-state index contributed by atoms with van der Waals surface area (Å²) in [5.41, 5.74) is 5.08. The zero-order valence-corrected chi connectivity index (χ0v) is 15.2. The number of nitrogens with one attached hydrogen (secondary N) is 1. The van der Waals surface area contributed by atoms with Gasteiger partial charge in [0.25, 0.3) is 0 Å². The molecule has 0 aromatic heterocycles. The highest BCUT2D eigenvalue weighted by Gasteiger charge is 2.27. The normalized spacial score (nSPS) is 17.2. The number of morpholine rings is 1. The molecule has 0 aromatic rings. The number of amides is 2. The minimum atomic E-state index is -0.337. The first-order valence-corrected chi connectivity index (χ1v) is 9.68. The Hall–Kier alpha value is -0.790. The van der Waals surface area contributed by atoms with E-state index in [0.717, 1.165) is 39.1 Å². The van der Waals surface area contributed by atoms with Crippen molar-refractivity contribution in [3.8, 4) is 0 Å². The molecule has 0 aliphatic carbocycles. The maximum atomic E-state index is 12.0. The van der Waals surface area contributed by atoms with E-state index in [9.17, 15) is 9.59 Å². The van der Waals surface area contributed by atoms with Crippen molar-refractivity contribution in [1.29, 1.82) is 0 Å². The van der Waals surface area contributed by atoms with Crippen LogP contribution in [0.2, 0.25) is 0 Å². The zero-order valence-electron chi connectivity index (χ0n) is 14.4. The molecule has 0 saturated carbocycles. The summed E-state index contributed by atoms with van der Waals surface area (Å²) in [5.74, 6) is 1.19. The second-order valence-electron chi connectivity index (χ2n) is 5.87. The second-order valence-corrected chi connectivity index (χ2v) is 6.97. The van der Waals surface area contributed by atoms with Crippen molar-refractivity contribution in [3.05, 3.63) is 0 Å². The lowest BCUT2D eigenvalue weighted by molar-refractivity contribution is -0.121. The predicted molar refractivity (Wildman–Crippen MR) is 94.4 cm³/mol. The maximum Gasteiger partial charge on any atom is 0.227 e. The molecule has 1 saturated heterocycles. The molecule has 0 aromatic carbocycles. The summed E-state index contributed by atoms with van der Waals surface area (Å²) in [6.45, 7) is 8.53. The van der Waals surface area contributed by atoms with Gasteiger partial charge in [0.1, 0.15) is 0 Å². The Balaban J connectivity index is 2.40. The molecular formula is C16H31N3O3S. The standard InChI is InChI=1S/C16H31N3O3S/c1-3-13(4-2)14(19-6-8-22-9-7-19)11-18-16(21)5-10-23-12-15(17)20/h13-14H,3-12H2,1-2H3,(H2,17,20)(H,18,21)/t14-/m1/s1. The average Bonchev–Trinajstić information content (AvgIpc) is 2.56.